The number of ketones is 1. The Hall–Kier alpha value is -1.30. The van der Waals surface area contributed by atoms with Gasteiger partial charge in [0.1, 0.15) is 5.82 Å². The van der Waals surface area contributed by atoms with Gasteiger partial charge in [-0.15, -0.1) is 0 Å². The largest absolute Gasteiger partial charge is 0.394 e. The quantitative estimate of drug-likeness (QED) is 0.875. The predicted octanol–water partition coefficient (Wildman–Crippen LogP) is 1.02. The molecule has 0 aromatic heterocycles. The zero-order valence-corrected chi connectivity index (χ0v) is 11.6. The first-order valence-corrected chi connectivity index (χ1v) is 6.81. The fourth-order valence-corrected chi connectivity index (χ4v) is 2.32. The number of ether oxygens (including phenoxy) is 1. The van der Waals surface area contributed by atoms with Crippen molar-refractivity contribution in [2.45, 2.75) is 25.5 Å². The van der Waals surface area contributed by atoms with Crippen molar-refractivity contribution >= 4 is 5.78 Å². The number of hydrogen-bond donors (Lipinski definition) is 1. The molecule has 20 heavy (non-hydrogen) atoms. The molecule has 2 rings (SSSR count). The van der Waals surface area contributed by atoms with Crippen LogP contribution in [0.2, 0.25) is 0 Å². The third-order valence-electron chi connectivity index (χ3n) is 3.53. The topological polar surface area (TPSA) is 49.8 Å². The van der Waals surface area contributed by atoms with E-state index in [-0.39, 0.29) is 30.4 Å². The summed E-state index contributed by atoms with van der Waals surface area (Å²) in [5.74, 6) is -0.212. The van der Waals surface area contributed by atoms with Gasteiger partial charge < -0.3 is 9.84 Å². The van der Waals surface area contributed by atoms with Crippen molar-refractivity contribution in [2.75, 3.05) is 26.3 Å². The van der Waals surface area contributed by atoms with Crippen LogP contribution in [-0.4, -0.2) is 54.2 Å². The predicted molar refractivity (Wildman–Crippen MR) is 73.0 cm³/mol. The zero-order chi connectivity index (χ0) is 14.5. The summed E-state index contributed by atoms with van der Waals surface area (Å²) in [6, 6.07) is 6.15. The molecule has 1 N–H and O–H groups in total. The highest BCUT2D eigenvalue weighted by atomic mass is 19.1. The molecule has 2 atom stereocenters. The van der Waals surface area contributed by atoms with Crippen LogP contribution in [0.3, 0.4) is 0 Å². The number of benzene rings is 1. The van der Waals surface area contributed by atoms with Crippen molar-refractivity contribution in [3.8, 4) is 0 Å². The summed E-state index contributed by atoms with van der Waals surface area (Å²) in [5.41, 5.74) is 0.816. The van der Waals surface area contributed by atoms with E-state index in [2.05, 4.69) is 0 Å². The van der Waals surface area contributed by atoms with Gasteiger partial charge in [-0.2, -0.15) is 0 Å². The summed E-state index contributed by atoms with van der Waals surface area (Å²) < 4.78 is 18.2. The minimum atomic E-state index is -0.297. The Kier molecular flexibility index (Phi) is 5.23. The lowest BCUT2D eigenvalue weighted by Crippen LogP contribution is -2.51. The second-order valence-electron chi connectivity index (χ2n) is 5.26. The summed E-state index contributed by atoms with van der Waals surface area (Å²) >= 11 is 0. The number of aliphatic hydroxyl groups is 1. The molecule has 1 heterocycles. The van der Waals surface area contributed by atoms with E-state index < -0.39 is 0 Å². The Morgan fingerprint density at radius 2 is 2.15 bits per heavy atom. The van der Waals surface area contributed by atoms with Gasteiger partial charge in [0.25, 0.3) is 0 Å². The molecule has 0 spiro atoms. The number of hydrogen-bond acceptors (Lipinski definition) is 4. The fourth-order valence-electron chi connectivity index (χ4n) is 2.32. The Bertz CT molecular complexity index is 449. The van der Waals surface area contributed by atoms with E-state index in [4.69, 9.17) is 9.84 Å². The maximum absolute atomic E-state index is 12.8. The summed E-state index contributed by atoms with van der Waals surface area (Å²) in [5, 5.41) is 9.12. The van der Waals surface area contributed by atoms with Gasteiger partial charge in [0.15, 0.2) is 5.78 Å². The standard InChI is InChI=1S/C15H20FNO3/c1-11-10-20-15(9-18)8-17(11)7-14(19)6-12-2-4-13(16)5-3-12/h2-5,11,15,18H,6-10H2,1H3. The first-order chi connectivity index (χ1) is 9.58. The van der Waals surface area contributed by atoms with Crippen LogP contribution in [0.15, 0.2) is 24.3 Å². The van der Waals surface area contributed by atoms with Crippen molar-refractivity contribution in [1.82, 2.24) is 4.90 Å². The van der Waals surface area contributed by atoms with Gasteiger partial charge in [0, 0.05) is 19.0 Å². The van der Waals surface area contributed by atoms with Crippen molar-refractivity contribution in [2.24, 2.45) is 0 Å². The number of halogens is 1. The Morgan fingerprint density at radius 1 is 1.45 bits per heavy atom. The van der Waals surface area contributed by atoms with Crippen molar-refractivity contribution in [3.05, 3.63) is 35.6 Å². The van der Waals surface area contributed by atoms with Crippen molar-refractivity contribution in [1.29, 1.82) is 0 Å². The SMILES string of the molecule is CC1COC(CO)CN1CC(=O)Cc1ccc(F)cc1. The van der Waals surface area contributed by atoms with E-state index in [9.17, 15) is 9.18 Å². The molecule has 0 saturated carbocycles. The highest BCUT2D eigenvalue weighted by Crippen LogP contribution is 2.12. The first kappa shape index (κ1) is 15.1. The Morgan fingerprint density at radius 3 is 2.80 bits per heavy atom. The molecule has 110 valence electrons. The lowest BCUT2D eigenvalue weighted by Gasteiger charge is -2.36. The second kappa shape index (κ2) is 6.92. The lowest BCUT2D eigenvalue weighted by molar-refractivity contribution is -0.125. The third kappa shape index (κ3) is 4.10. The number of rotatable bonds is 5. The molecule has 1 aliphatic rings. The second-order valence-corrected chi connectivity index (χ2v) is 5.26. The molecule has 5 heteroatoms. The molecule has 0 bridgehead atoms. The number of Topliss-reactive ketones (excluding diaryl/α,β-unsaturated/α-hetero) is 1. The minimum absolute atomic E-state index is 0.0324. The number of carbonyl (C=O) groups excluding carboxylic acids is 1. The molecular formula is C15H20FNO3. The number of nitrogens with zero attached hydrogens (tertiary/aromatic N) is 1. The zero-order valence-electron chi connectivity index (χ0n) is 11.6. The van der Waals surface area contributed by atoms with Crippen LogP contribution in [0.25, 0.3) is 0 Å². The molecule has 1 saturated heterocycles. The molecule has 1 aliphatic heterocycles. The maximum atomic E-state index is 12.8. The van der Waals surface area contributed by atoms with Gasteiger partial charge in [-0.25, -0.2) is 4.39 Å². The number of morpholine rings is 1. The van der Waals surface area contributed by atoms with Crippen LogP contribution in [0.5, 0.6) is 0 Å². The van der Waals surface area contributed by atoms with Gasteiger partial charge in [-0.05, 0) is 24.6 Å². The maximum Gasteiger partial charge on any atom is 0.151 e. The van der Waals surface area contributed by atoms with Gasteiger partial charge in [-0.1, -0.05) is 12.1 Å². The van der Waals surface area contributed by atoms with E-state index in [0.29, 0.717) is 26.1 Å². The van der Waals surface area contributed by atoms with E-state index in [1.807, 2.05) is 11.8 Å². The lowest BCUT2D eigenvalue weighted by atomic mass is 10.1. The number of aliphatic hydroxyl groups excluding tert-OH is 1. The van der Waals surface area contributed by atoms with Crippen LogP contribution in [-0.2, 0) is 16.0 Å². The third-order valence-corrected chi connectivity index (χ3v) is 3.53. The average Bonchev–Trinajstić information content (AvgIpc) is 2.44. The van der Waals surface area contributed by atoms with E-state index in [0.717, 1.165) is 5.56 Å². The summed E-state index contributed by atoms with van der Waals surface area (Å²) in [7, 11) is 0. The molecule has 0 aliphatic carbocycles. The monoisotopic (exact) mass is 281 g/mol. The van der Waals surface area contributed by atoms with Gasteiger partial charge >= 0.3 is 0 Å². The molecule has 1 aromatic carbocycles. The van der Waals surface area contributed by atoms with Crippen LogP contribution >= 0.6 is 0 Å². The molecule has 0 radical (unpaired) electrons. The normalized spacial score (nSPS) is 23.8. The average molecular weight is 281 g/mol. The van der Waals surface area contributed by atoms with Crippen molar-refractivity contribution < 1.29 is 19.0 Å². The minimum Gasteiger partial charge on any atom is -0.394 e. The van der Waals surface area contributed by atoms with Crippen LogP contribution in [0, 0.1) is 5.82 Å². The van der Waals surface area contributed by atoms with Gasteiger partial charge in [0.05, 0.1) is 25.9 Å². The van der Waals surface area contributed by atoms with Crippen LogP contribution < -0.4 is 0 Å². The molecular weight excluding hydrogens is 261 g/mol. The van der Waals surface area contributed by atoms with Crippen LogP contribution in [0.1, 0.15) is 12.5 Å². The molecule has 2 unspecified atom stereocenters. The summed E-state index contributed by atoms with van der Waals surface area (Å²) in [6.45, 7) is 3.38. The van der Waals surface area contributed by atoms with Gasteiger partial charge in [0.2, 0.25) is 0 Å². The first-order valence-electron chi connectivity index (χ1n) is 6.81. The highest BCUT2D eigenvalue weighted by molar-refractivity contribution is 5.82. The molecule has 4 nitrogen and oxygen atoms in total. The van der Waals surface area contributed by atoms with Crippen LogP contribution in [0.4, 0.5) is 4.39 Å². The molecule has 0 amide bonds. The highest BCUT2D eigenvalue weighted by Gasteiger charge is 2.26. The molecule has 1 fully saturated rings. The molecule has 1 aromatic rings. The summed E-state index contributed by atoms with van der Waals surface area (Å²) in [6.07, 6.45) is 0.0820. The Labute approximate surface area is 118 Å². The van der Waals surface area contributed by atoms with Crippen molar-refractivity contribution in [3.63, 3.8) is 0 Å². The van der Waals surface area contributed by atoms with E-state index in [1.54, 1.807) is 12.1 Å². The number of carbonyl (C=O) groups is 1. The Balaban J connectivity index is 1.88. The summed E-state index contributed by atoms with van der Waals surface area (Å²) in [4.78, 5) is 14.1. The van der Waals surface area contributed by atoms with Gasteiger partial charge in [-0.3, -0.25) is 9.69 Å². The van der Waals surface area contributed by atoms with E-state index >= 15 is 0 Å². The fraction of sp³-hybridized carbons (Fsp3) is 0.533. The van der Waals surface area contributed by atoms with E-state index in [1.165, 1.54) is 12.1 Å². The smallest absolute Gasteiger partial charge is 0.151 e.